The summed E-state index contributed by atoms with van der Waals surface area (Å²) in [6, 6.07) is 8.80. The maximum atomic E-state index is 11.7. The average Bonchev–Trinajstić information content (AvgIpc) is 2.68. The lowest BCUT2D eigenvalue weighted by atomic mass is 10.2. The molecule has 0 radical (unpaired) electrons. The van der Waals surface area contributed by atoms with Gasteiger partial charge >= 0.3 is 17.6 Å². The second kappa shape index (κ2) is 8.94. The van der Waals surface area contributed by atoms with Crippen molar-refractivity contribution in [3.05, 3.63) is 64.5 Å². The summed E-state index contributed by atoms with van der Waals surface area (Å²) in [6.07, 6.45) is 2.33. The molecule has 0 bridgehead atoms. The zero-order valence-corrected chi connectivity index (χ0v) is 14.4. The molecule has 0 unspecified atom stereocenters. The first-order valence-corrected chi connectivity index (χ1v) is 7.47. The number of methoxy groups -OCH3 is 2. The zero-order valence-electron chi connectivity index (χ0n) is 14.4. The zero-order chi connectivity index (χ0) is 19.8. The summed E-state index contributed by atoms with van der Waals surface area (Å²) >= 11 is 0. The molecular weight excluding hydrogens is 358 g/mol. The van der Waals surface area contributed by atoms with Crippen molar-refractivity contribution in [2.75, 3.05) is 19.5 Å². The smallest absolute Gasteiger partial charge is 0.354 e. The van der Waals surface area contributed by atoms with E-state index >= 15 is 0 Å². The third-order valence-corrected chi connectivity index (χ3v) is 3.16. The molecule has 10 nitrogen and oxygen atoms in total. The Labute approximate surface area is 153 Å². The van der Waals surface area contributed by atoms with Gasteiger partial charge in [-0.15, -0.1) is 0 Å². The molecule has 1 N–H and O–H groups in total. The highest BCUT2D eigenvalue weighted by molar-refractivity contribution is 5.98. The average molecular weight is 373 g/mol. The van der Waals surface area contributed by atoms with E-state index in [9.17, 15) is 19.7 Å². The Morgan fingerprint density at radius 2 is 1.85 bits per heavy atom. The molecule has 1 aromatic carbocycles. The first-order chi connectivity index (χ1) is 12.9. The number of hydrogen-bond donors (Lipinski definition) is 1. The monoisotopic (exact) mass is 373 g/mol. The molecule has 0 saturated carbocycles. The van der Waals surface area contributed by atoms with Crippen molar-refractivity contribution in [3.8, 4) is 11.6 Å². The van der Waals surface area contributed by atoms with E-state index in [4.69, 9.17) is 4.74 Å². The lowest BCUT2D eigenvalue weighted by Gasteiger charge is -2.10. The van der Waals surface area contributed by atoms with Gasteiger partial charge in [0.1, 0.15) is 11.4 Å². The fraction of sp³-hybridized carbons (Fsp3) is 0.118. The van der Waals surface area contributed by atoms with Gasteiger partial charge in [0, 0.05) is 18.0 Å². The number of hydrogen-bond acceptors (Lipinski definition) is 9. The highest BCUT2D eigenvalue weighted by atomic mass is 16.6. The number of anilines is 1. The normalized spacial score (nSPS) is 10.7. The van der Waals surface area contributed by atoms with Gasteiger partial charge in [-0.3, -0.25) is 10.1 Å². The molecule has 2 rings (SSSR count). The van der Waals surface area contributed by atoms with Gasteiger partial charge in [0.15, 0.2) is 0 Å². The molecule has 2 aromatic rings. The molecule has 0 fully saturated rings. The van der Waals surface area contributed by atoms with E-state index in [-0.39, 0.29) is 17.3 Å². The molecule has 1 aromatic heterocycles. The molecule has 0 aliphatic rings. The van der Waals surface area contributed by atoms with Crippen molar-refractivity contribution in [1.82, 2.24) is 4.98 Å². The number of rotatable bonds is 7. The van der Waals surface area contributed by atoms with Crippen LogP contribution in [0.25, 0.3) is 0 Å². The topological polar surface area (TPSA) is 130 Å². The Morgan fingerprint density at radius 3 is 2.44 bits per heavy atom. The third kappa shape index (κ3) is 5.26. The summed E-state index contributed by atoms with van der Waals surface area (Å²) in [7, 11) is 2.35. The summed E-state index contributed by atoms with van der Waals surface area (Å²) in [5.74, 6) is -1.35. The Kier molecular flexibility index (Phi) is 6.42. The minimum atomic E-state index is -0.759. The van der Waals surface area contributed by atoms with Crippen LogP contribution in [-0.4, -0.2) is 36.1 Å². The Hall–Kier alpha value is -3.95. The molecule has 0 aliphatic carbocycles. The highest BCUT2D eigenvalue weighted by Crippen LogP contribution is 2.29. The molecule has 0 amide bonds. The molecule has 1 heterocycles. The molecular formula is C17H15N3O7. The molecule has 140 valence electrons. The van der Waals surface area contributed by atoms with Crippen LogP contribution in [0.4, 0.5) is 11.4 Å². The van der Waals surface area contributed by atoms with Gasteiger partial charge in [-0.05, 0) is 30.3 Å². The fourth-order valence-corrected chi connectivity index (χ4v) is 1.91. The minimum absolute atomic E-state index is 0.126. The standard InChI is InChI=1S/C17H15N3O7/c1-25-15(21)10-13(17(22)26-2)19-11-5-7-12(8-6-11)27-16-14(20(23)24)4-3-9-18-16/h3-10,19H,1-2H3/b13-10+. The van der Waals surface area contributed by atoms with E-state index in [0.717, 1.165) is 6.08 Å². The van der Waals surface area contributed by atoms with E-state index in [1.807, 2.05) is 0 Å². The van der Waals surface area contributed by atoms with E-state index in [2.05, 4.69) is 19.8 Å². The van der Waals surface area contributed by atoms with Gasteiger partial charge in [0.05, 0.1) is 25.2 Å². The first-order valence-electron chi connectivity index (χ1n) is 7.47. The van der Waals surface area contributed by atoms with E-state index in [1.165, 1.54) is 56.8 Å². The predicted molar refractivity (Wildman–Crippen MR) is 93.1 cm³/mol. The first kappa shape index (κ1) is 19.4. The number of benzene rings is 1. The maximum Gasteiger partial charge on any atom is 0.354 e. The lowest BCUT2D eigenvalue weighted by molar-refractivity contribution is -0.386. The van der Waals surface area contributed by atoms with E-state index in [0.29, 0.717) is 11.4 Å². The van der Waals surface area contributed by atoms with Crippen molar-refractivity contribution >= 4 is 23.3 Å². The fourth-order valence-electron chi connectivity index (χ4n) is 1.91. The number of nitro groups is 1. The van der Waals surface area contributed by atoms with Crippen LogP contribution in [0.5, 0.6) is 11.6 Å². The number of esters is 2. The molecule has 10 heteroatoms. The van der Waals surface area contributed by atoms with Gasteiger partial charge < -0.3 is 19.5 Å². The molecule has 27 heavy (non-hydrogen) atoms. The second-order valence-electron chi connectivity index (χ2n) is 4.91. The maximum absolute atomic E-state index is 11.7. The van der Waals surface area contributed by atoms with Crippen LogP contribution in [0.15, 0.2) is 54.4 Å². The van der Waals surface area contributed by atoms with Crippen molar-refractivity contribution in [3.63, 3.8) is 0 Å². The van der Waals surface area contributed by atoms with Crippen molar-refractivity contribution in [2.45, 2.75) is 0 Å². The van der Waals surface area contributed by atoms with Crippen LogP contribution in [0.3, 0.4) is 0 Å². The Bertz CT molecular complexity index is 878. The van der Waals surface area contributed by atoms with Gasteiger partial charge in [-0.1, -0.05) is 0 Å². The number of nitrogens with zero attached hydrogens (tertiary/aromatic N) is 2. The van der Waals surface area contributed by atoms with Crippen molar-refractivity contribution in [2.24, 2.45) is 0 Å². The molecule has 0 saturated heterocycles. The molecule has 0 spiro atoms. The van der Waals surface area contributed by atoms with Crippen molar-refractivity contribution in [1.29, 1.82) is 0 Å². The van der Waals surface area contributed by atoms with Gasteiger partial charge in [0.2, 0.25) is 0 Å². The summed E-state index contributed by atoms with van der Waals surface area (Å²) < 4.78 is 14.5. The minimum Gasteiger partial charge on any atom is -0.466 e. The van der Waals surface area contributed by atoms with Crippen LogP contribution in [0.1, 0.15) is 0 Å². The third-order valence-electron chi connectivity index (χ3n) is 3.16. The van der Waals surface area contributed by atoms with E-state index in [1.54, 1.807) is 0 Å². The molecule has 0 aliphatic heterocycles. The molecule has 0 atom stereocenters. The Balaban J connectivity index is 2.17. The lowest BCUT2D eigenvalue weighted by Crippen LogP contribution is -2.15. The van der Waals surface area contributed by atoms with Crippen LogP contribution in [0, 0.1) is 10.1 Å². The quantitative estimate of drug-likeness (QED) is 0.336. The van der Waals surface area contributed by atoms with Crippen molar-refractivity contribution < 1.29 is 28.7 Å². The van der Waals surface area contributed by atoms with Crippen LogP contribution in [-0.2, 0) is 19.1 Å². The predicted octanol–water partition coefficient (Wildman–Crippen LogP) is 2.42. The number of pyridine rings is 1. The van der Waals surface area contributed by atoms with Gasteiger partial charge in [-0.2, -0.15) is 0 Å². The summed E-state index contributed by atoms with van der Waals surface area (Å²) in [5.41, 5.74) is 0.0468. The van der Waals surface area contributed by atoms with Gasteiger partial charge in [0.25, 0.3) is 5.88 Å². The van der Waals surface area contributed by atoms with E-state index < -0.39 is 16.9 Å². The van der Waals surface area contributed by atoms with Crippen LogP contribution >= 0.6 is 0 Å². The van der Waals surface area contributed by atoms with Gasteiger partial charge in [-0.25, -0.2) is 14.6 Å². The number of carbonyl (C=O) groups is 2. The number of nitrogens with one attached hydrogen (secondary N) is 1. The van der Waals surface area contributed by atoms with Crippen LogP contribution in [0.2, 0.25) is 0 Å². The second-order valence-corrected chi connectivity index (χ2v) is 4.91. The number of ether oxygens (including phenoxy) is 3. The Morgan fingerprint density at radius 1 is 1.15 bits per heavy atom. The SMILES string of the molecule is COC(=O)/C=C(/Nc1ccc(Oc2ncccc2[N+](=O)[O-])cc1)C(=O)OC. The highest BCUT2D eigenvalue weighted by Gasteiger charge is 2.17. The van der Waals surface area contributed by atoms with Crippen LogP contribution < -0.4 is 10.1 Å². The number of aromatic nitrogens is 1. The summed E-state index contributed by atoms with van der Waals surface area (Å²) in [4.78, 5) is 37.3. The number of carbonyl (C=O) groups excluding carboxylic acids is 2. The summed E-state index contributed by atoms with van der Waals surface area (Å²) in [5, 5.41) is 13.7. The summed E-state index contributed by atoms with van der Waals surface area (Å²) in [6.45, 7) is 0. The largest absolute Gasteiger partial charge is 0.466 e.